The van der Waals surface area contributed by atoms with Crippen LogP contribution in [-0.4, -0.2) is 28.9 Å². The Hall–Kier alpha value is -1.12. The van der Waals surface area contributed by atoms with Crippen molar-refractivity contribution in [2.45, 2.75) is 25.3 Å². The Labute approximate surface area is 121 Å². The molecule has 0 bridgehead atoms. The number of ether oxygens (including phenoxy) is 1. The van der Waals surface area contributed by atoms with E-state index in [9.17, 15) is 28.2 Å². The third-order valence-corrected chi connectivity index (χ3v) is 2.87. The van der Waals surface area contributed by atoms with E-state index < -0.39 is 29.9 Å². The van der Waals surface area contributed by atoms with Gasteiger partial charge in [-0.15, -0.1) is 0 Å². The van der Waals surface area contributed by atoms with Gasteiger partial charge >= 0.3 is 12.1 Å². The quantitative estimate of drug-likeness (QED) is 0.813. The van der Waals surface area contributed by atoms with Gasteiger partial charge in [0, 0.05) is 4.47 Å². The van der Waals surface area contributed by atoms with Crippen LogP contribution in [-0.2, 0) is 15.7 Å². The molecule has 112 valence electrons. The highest BCUT2D eigenvalue weighted by atomic mass is 79.9. The Kier molecular flexibility index (Phi) is 5.55. The molecule has 2 atom stereocenters. The number of rotatable bonds is 4. The Morgan fingerprint density at radius 1 is 1.35 bits per heavy atom. The van der Waals surface area contributed by atoms with Gasteiger partial charge in [0.25, 0.3) is 0 Å². The topological polar surface area (TPSA) is 66.8 Å². The van der Waals surface area contributed by atoms with Crippen LogP contribution in [0, 0.1) is 0 Å². The largest absolute Gasteiger partial charge is 0.464 e. The van der Waals surface area contributed by atoms with Crippen LogP contribution >= 0.6 is 15.9 Å². The number of aliphatic hydroxyl groups excluding tert-OH is 2. The van der Waals surface area contributed by atoms with E-state index >= 15 is 0 Å². The molecule has 0 aliphatic heterocycles. The second-order valence-corrected chi connectivity index (χ2v) is 4.83. The summed E-state index contributed by atoms with van der Waals surface area (Å²) in [5.41, 5.74) is -1.25. The fourth-order valence-corrected chi connectivity index (χ4v) is 2.00. The first-order valence-electron chi connectivity index (χ1n) is 5.57. The van der Waals surface area contributed by atoms with E-state index in [4.69, 9.17) is 0 Å². The molecule has 0 saturated heterocycles. The van der Waals surface area contributed by atoms with Crippen molar-refractivity contribution < 1.29 is 32.9 Å². The number of esters is 1. The second kappa shape index (κ2) is 6.55. The minimum absolute atomic E-state index is 0.0189. The van der Waals surface area contributed by atoms with Gasteiger partial charge in [-0.05, 0) is 30.7 Å². The number of alkyl halides is 3. The van der Waals surface area contributed by atoms with Crippen LogP contribution < -0.4 is 0 Å². The zero-order valence-electron chi connectivity index (χ0n) is 10.3. The first-order chi connectivity index (χ1) is 9.16. The minimum Gasteiger partial charge on any atom is -0.464 e. The van der Waals surface area contributed by atoms with Crippen LogP contribution in [0.2, 0.25) is 0 Å². The third kappa shape index (κ3) is 4.19. The van der Waals surface area contributed by atoms with E-state index in [0.717, 1.165) is 6.07 Å². The Morgan fingerprint density at radius 2 is 1.95 bits per heavy atom. The number of hydrogen-bond acceptors (Lipinski definition) is 4. The van der Waals surface area contributed by atoms with E-state index in [2.05, 4.69) is 20.7 Å². The number of benzene rings is 1. The van der Waals surface area contributed by atoms with Crippen molar-refractivity contribution in [3.05, 3.63) is 33.8 Å². The van der Waals surface area contributed by atoms with Gasteiger partial charge < -0.3 is 14.9 Å². The maximum Gasteiger partial charge on any atom is 0.416 e. The lowest BCUT2D eigenvalue weighted by atomic mass is 10.0. The smallest absolute Gasteiger partial charge is 0.416 e. The summed E-state index contributed by atoms with van der Waals surface area (Å²) in [5.74, 6) is -1.10. The van der Waals surface area contributed by atoms with E-state index in [-0.39, 0.29) is 16.6 Å². The summed E-state index contributed by atoms with van der Waals surface area (Å²) in [4.78, 5) is 11.3. The van der Waals surface area contributed by atoms with Gasteiger partial charge in [-0.2, -0.15) is 13.2 Å². The van der Waals surface area contributed by atoms with Crippen LogP contribution in [0.25, 0.3) is 0 Å². The number of carbonyl (C=O) groups is 1. The minimum atomic E-state index is -4.60. The molecule has 0 aliphatic carbocycles. The predicted molar refractivity (Wildman–Crippen MR) is 66.7 cm³/mol. The van der Waals surface area contributed by atoms with Crippen molar-refractivity contribution in [1.82, 2.24) is 0 Å². The normalized spacial score (nSPS) is 14.8. The molecule has 1 aromatic rings. The van der Waals surface area contributed by atoms with Crippen LogP contribution in [0.5, 0.6) is 0 Å². The summed E-state index contributed by atoms with van der Waals surface area (Å²) >= 11 is 2.88. The monoisotopic (exact) mass is 356 g/mol. The number of aliphatic hydroxyl groups is 2. The number of hydrogen-bond donors (Lipinski definition) is 2. The standard InChI is InChI=1S/C12H12BrF3O4/c1-2-20-11(19)10(18)9(17)6-3-7(12(14,15)16)5-8(13)4-6/h3-5,9-10,17-18H,2H2,1H3. The molecule has 0 fully saturated rings. The van der Waals surface area contributed by atoms with Crippen LogP contribution in [0.4, 0.5) is 13.2 Å². The first kappa shape index (κ1) is 16.9. The molecular weight excluding hydrogens is 345 g/mol. The van der Waals surface area contributed by atoms with Crippen molar-refractivity contribution in [3.63, 3.8) is 0 Å². The Bertz CT molecular complexity index is 490. The molecular formula is C12H12BrF3O4. The molecule has 1 aromatic carbocycles. The van der Waals surface area contributed by atoms with Crippen LogP contribution in [0.3, 0.4) is 0 Å². The van der Waals surface area contributed by atoms with Gasteiger partial charge in [0.15, 0.2) is 6.10 Å². The van der Waals surface area contributed by atoms with Crippen LogP contribution in [0.15, 0.2) is 22.7 Å². The van der Waals surface area contributed by atoms with Crippen molar-refractivity contribution in [2.24, 2.45) is 0 Å². The summed E-state index contributed by atoms with van der Waals surface area (Å²) in [6.07, 6.45) is -8.37. The molecule has 0 aliphatic rings. The predicted octanol–water partition coefficient (Wildman–Crippen LogP) is 2.43. The van der Waals surface area contributed by atoms with Gasteiger partial charge in [-0.25, -0.2) is 4.79 Å². The van der Waals surface area contributed by atoms with E-state index in [1.807, 2.05) is 0 Å². The fraction of sp³-hybridized carbons (Fsp3) is 0.417. The fourth-order valence-electron chi connectivity index (χ4n) is 1.49. The molecule has 1 rings (SSSR count). The average molecular weight is 357 g/mol. The molecule has 0 saturated carbocycles. The lowest BCUT2D eigenvalue weighted by Gasteiger charge is -2.18. The lowest BCUT2D eigenvalue weighted by Crippen LogP contribution is -2.30. The van der Waals surface area contributed by atoms with Gasteiger partial charge in [0.1, 0.15) is 6.10 Å². The zero-order chi connectivity index (χ0) is 15.5. The molecule has 4 nitrogen and oxygen atoms in total. The first-order valence-corrected chi connectivity index (χ1v) is 6.36. The van der Waals surface area contributed by atoms with Gasteiger partial charge in [0.05, 0.1) is 12.2 Å². The molecule has 0 radical (unpaired) electrons. The molecule has 2 unspecified atom stereocenters. The van der Waals surface area contributed by atoms with Crippen LogP contribution in [0.1, 0.15) is 24.2 Å². The summed E-state index contributed by atoms with van der Waals surface area (Å²) < 4.78 is 42.5. The van der Waals surface area contributed by atoms with Crippen molar-refractivity contribution in [1.29, 1.82) is 0 Å². The molecule has 0 spiro atoms. The number of halogens is 4. The maximum atomic E-state index is 12.6. The summed E-state index contributed by atoms with van der Waals surface area (Å²) in [6, 6.07) is 2.67. The van der Waals surface area contributed by atoms with Gasteiger partial charge in [0.2, 0.25) is 0 Å². The molecule has 0 amide bonds. The lowest BCUT2D eigenvalue weighted by molar-refractivity contribution is -0.159. The van der Waals surface area contributed by atoms with Crippen molar-refractivity contribution in [2.75, 3.05) is 6.61 Å². The number of carbonyl (C=O) groups excluding carboxylic acids is 1. The second-order valence-electron chi connectivity index (χ2n) is 3.91. The van der Waals surface area contributed by atoms with Gasteiger partial charge in [-0.1, -0.05) is 15.9 Å². The van der Waals surface area contributed by atoms with E-state index in [0.29, 0.717) is 6.07 Å². The summed E-state index contributed by atoms with van der Waals surface area (Å²) in [6.45, 7) is 1.48. The summed E-state index contributed by atoms with van der Waals surface area (Å²) in [5, 5.41) is 19.3. The average Bonchev–Trinajstić information content (AvgIpc) is 2.35. The van der Waals surface area contributed by atoms with E-state index in [1.165, 1.54) is 13.0 Å². The van der Waals surface area contributed by atoms with Gasteiger partial charge in [-0.3, -0.25) is 0 Å². The zero-order valence-corrected chi connectivity index (χ0v) is 11.9. The summed E-state index contributed by atoms with van der Waals surface area (Å²) in [7, 11) is 0. The van der Waals surface area contributed by atoms with Crippen molar-refractivity contribution >= 4 is 21.9 Å². The molecule has 8 heteroatoms. The highest BCUT2D eigenvalue weighted by Crippen LogP contribution is 2.34. The van der Waals surface area contributed by atoms with Crippen molar-refractivity contribution in [3.8, 4) is 0 Å². The highest BCUT2D eigenvalue weighted by molar-refractivity contribution is 9.10. The molecule has 2 N–H and O–H groups in total. The maximum absolute atomic E-state index is 12.6. The highest BCUT2D eigenvalue weighted by Gasteiger charge is 2.33. The third-order valence-electron chi connectivity index (χ3n) is 2.42. The SMILES string of the molecule is CCOC(=O)C(O)C(O)c1cc(Br)cc(C(F)(F)F)c1. The Balaban J connectivity index is 3.07. The Morgan fingerprint density at radius 3 is 2.45 bits per heavy atom. The molecule has 0 heterocycles. The molecule has 0 aromatic heterocycles. The molecule has 20 heavy (non-hydrogen) atoms. The van der Waals surface area contributed by atoms with E-state index in [1.54, 1.807) is 0 Å².